The van der Waals surface area contributed by atoms with E-state index in [1.54, 1.807) is 0 Å². The Bertz CT molecular complexity index is 499. The van der Waals surface area contributed by atoms with Crippen molar-refractivity contribution >= 4 is 17.1 Å². The number of fused-ring (bicyclic) bond motifs is 1. The molecule has 1 nitrogen and oxygen atoms in total. The van der Waals surface area contributed by atoms with E-state index in [1.165, 1.54) is 22.5 Å². The maximum Gasteiger partial charge on any atom is 0.180 e. The minimum Gasteiger partial charge on any atom is -0.293 e. The number of hydrogen-bond donors (Lipinski definition) is 0. The molecule has 1 aromatic carbocycles. The second kappa shape index (κ2) is 3.31. The average molecular weight is 214 g/mol. The number of Topliss-reactive ketones (excluding diaryl/α,β-unsaturated/α-hetero) is 1. The van der Waals surface area contributed by atoms with Crippen LogP contribution in [0.3, 0.4) is 0 Å². The summed E-state index contributed by atoms with van der Waals surface area (Å²) < 4.78 is 0. The summed E-state index contributed by atoms with van der Waals surface area (Å²) in [6, 6.07) is 12.1. The zero-order valence-electron chi connectivity index (χ0n) is 8.14. The summed E-state index contributed by atoms with van der Waals surface area (Å²) in [5, 5.41) is 1.96. The Labute approximate surface area is 92.4 Å². The highest BCUT2D eigenvalue weighted by Gasteiger charge is 2.32. The summed E-state index contributed by atoms with van der Waals surface area (Å²) in [4.78, 5) is 12.9. The van der Waals surface area contributed by atoms with Crippen LogP contribution >= 0.6 is 11.3 Å². The molecule has 2 heteroatoms. The van der Waals surface area contributed by atoms with Crippen LogP contribution in [0.5, 0.6) is 0 Å². The second-order valence-corrected chi connectivity index (χ2v) is 4.74. The normalized spacial score (nSPS) is 18.0. The van der Waals surface area contributed by atoms with Gasteiger partial charge in [0.15, 0.2) is 5.78 Å². The Morgan fingerprint density at radius 3 is 2.80 bits per heavy atom. The maximum absolute atomic E-state index is 12.1. The van der Waals surface area contributed by atoms with Crippen molar-refractivity contribution < 1.29 is 4.79 Å². The lowest BCUT2D eigenvalue weighted by Gasteiger charge is -2.28. The number of carbonyl (C=O) groups is 1. The van der Waals surface area contributed by atoms with Gasteiger partial charge in [0.25, 0.3) is 0 Å². The monoisotopic (exact) mass is 214 g/mol. The summed E-state index contributed by atoms with van der Waals surface area (Å²) >= 11 is 1.53. The summed E-state index contributed by atoms with van der Waals surface area (Å²) in [6.07, 6.45) is 0.910. The summed E-state index contributed by atoms with van der Waals surface area (Å²) in [7, 11) is 0. The molecule has 15 heavy (non-hydrogen) atoms. The molecule has 1 unspecified atom stereocenters. The molecule has 74 valence electrons. The highest BCUT2D eigenvalue weighted by molar-refractivity contribution is 7.12. The van der Waals surface area contributed by atoms with Gasteiger partial charge in [0.05, 0.1) is 10.8 Å². The molecule has 1 aliphatic carbocycles. The van der Waals surface area contributed by atoms with Crippen LogP contribution in [0.1, 0.15) is 26.7 Å². The SMILES string of the molecule is O=C(c1cccs1)C1Cc2ccccc21. The third-order valence-electron chi connectivity index (χ3n) is 2.94. The molecule has 0 saturated heterocycles. The molecule has 0 amide bonds. The molecule has 1 heterocycles. The van der Waals surface area contributed by atoms with Gasteiger partial charge in [-0.2, -0.15) is 0 Å². The van der Waals surface area contributed by atoms with Gasteiger partial charge >= 0.3 is 0 Å². The van der Waals surface area contributed by atoms with Crippen molar-refractivity contribution in [3.8, 4) is 0 Å². The standard InChI is InChI=1S/C13H10OS/c14-13(12-6-3-7-15-12)11-8-9-4-1-2-5-10(9)11/h1-7,11H,8H2. The molecule has 3 rings (SSSR count). The van der Waals surface area contributed by atoms with Gasteiger partial charge in [-0.15, -0.1) is 11.3 Å². The number of hydrogen-bond acceptors (Lipinski definition) is 2. The van der Waals surface area contributed by atoms with Crippen LogP contribution in [0.4, 0.5) is 0 Å². The van der Waals surface area contributed by atoms with Crippen molar-refractivity contribution in [3.05, 3.63) is 57.8 Å². The van der Waals surface area contributed by atoms with E-state index in [0.29, 0.717) is 0 Å². The van der Waals surface area contributed by atoms with E-state index < -0.39 is 0 Å². The van der Waals surface area contributed by atoms with E-state index >= 15 is 0 Å². The fourth-order valence-corrected chi connectivity index (χ4v) is 2.80. The zero-order chi connectivity index (χ0) is 10.3. The van der Waals surface area contributed by atoms with Crippen LogP contribution in [0.15, 0.2) is 41.8 Å². The van der Waals surface area contributed by atoms with Crippen molar-refractivity contribution in [2.75, 3.05) is 0 Å². The Kier molecular flexibility index (Phi) is 1.96. The second-order valence-electron chi connectivity index (χ2n) is 3.80. The molecule has 1 aromatic heterocycles. The van der Waals surface area contributed by atoms with Crippen LogP contribution < -0.4 is 0 Å². The van der Waals surface area contributed by atoms with E-state index in [9.17, 15) is 4.79 Å². The third-order valence-corrected chi connectivity index (χ3v) is 3.82. The lowest BCUT2D eigenvalue weighted by atomic mass is 9.75. The van der Waals surface area contributed by atoms with Crippen LogP contribution in [-0.2, 0) is 6.42 Å². The first kappa shape index (κ1) is 8.86. The maximum atomic E-state index is 12.1. The first-order valence-electron chi connectivity index (χ1n) is 5.02. The molecular weight excluding hydrogens is 204 g/mol. The van der Waals surface area contributed by atoms with Gasteiger partial charge in [-0.3, -0.25) is 4.79 Å². The van der Waals surface area contributed by atoms with Crippen molar-refractivity contribution in [3.63, 3.8) is 0 Å². The quantitative estimate of drug-likeness (QED) is 0.701. The van der Waals surface area contributed by atoms with Crippen molar-refractivity contribution in [1.82, 2.24) is 0 Å². The van der Waals surface area contributed by atoms with Gasteiger partial charge in [0.1, 0.15) is 0 Å². The largest absolute Gasteiger partial charge is 0.293 e. The molecule has 0 bridgehead atoms. The lowest BCUT2D eigenvalue weighted by molar-refractivity contribution is 0.0953. The molecule has 0 radical (unpaired) electrons. The molecule has 0 saturated carbocycles. The smallest absolute Gasteiger partial charge is 0.180 e. The van der Waals surface area contributed by atoms with Gasteiger partial charge in [0, 0.05) is 0 Å². The predicted octanol–water partition coefficient (Wildman–Crippen LogP) is 3.27. The molecular formula is C13H10OS. The van der Waals surface area contributed by atoms with Crippen LogP contribution in [-0.4, -0.2) is 5.78 Å². The molecule has 0 spiro atoms. The van der Waals surface area contributed by atoms with Crippen molar-refractivity contribution in [1.29, 1.82) is 0 Å². The van der Waals surface area contributed by atoms with E-state index in [2.05, 4.69) is 12.1 Å². The third kappa shape index (κ3) is 1.33. The molecule has 0 aliphatic heterocycles. The van der Waals surface area contributed by atoms with Crippen molar-refractivity contribution in [2.24, 2.45) is 0 Å². The van der Waals surface area contributed by atoms with Gasteiger partial charge < -0.3 is 0 Å². The minimum atomic E-state index is 0.111. The molecule has 0 fully saturated rings. The lowest BCUT2D eigenvalue weighted by Crippen LogP contribution is -2.24. The fourth-order valence-electron chi connectivity index (χ4n) is 2.08. The Morgan fingerprint density at radius 2 is 2.07 bits per heavy atom. The summed E-state index contributed by atoms with van der Waals surface area (Å²) in [6.45, 7) is 0. The molecule has 2 aromatic rings. The molecule has 0 N–H and O–H groups in total. The highest BCUT2D eigenvalue weighted by atomic mass is 32.1. The summed E-state index contributed by atoms with van der Waals surface area (Å²) in [5.74, 6) is 0.392. The van der Waals surface area contributed by atoms with Gasteiger partial charge in [-0.05, 0) is 29.0 Å². The molecule has 1 aliphatic rings. The Hall–Kier alpha value is -1.41. The van der Waals surface area contributed by atoms with Gasteiger partial charge in [-0.25, -0.2) is 0 Å². The van der Waals surface area contributed by atoms with E-state index in [4.69, 9.17) is 0 Å². The van der Waals surface area contributed by atoms with E-state index in [0.717, 1.165) is 11.3 Å². The van der Waals surface area contributed by atoms with Crippen LogP contribution in [0.25, 0.3) is 0 Å². The topological polar surface area (TPSA) is 17.1 Å². The first-order valence-corrected chi connectivity index (χ1v) is 5.90. The number of ketones is 1. The number of carbonyl (C=O) groups excluding carboxylic acids is 1. The number of rotatable bonds is 2. The highest BCUT2D eigenvalue weighted by Crippen LogP contribution is 2.37. The zero-order valence-corrected chi connectivity index (χ0v) is 8.96. The Balaban J connectivity index is 1.91. The first-order chi connectivity index (χ1) is 7.36. The van der Waals surface area contributed by atoms with Crippen LogP contribution in [0.2, 0.25) is 0 Å². The fraction of sp³-hybridized carbons (Fsp3) is 0.154. The van der Waals surface area contributed by atoms with Crippen LogP contribution in [0, 0.1) is 0 Å². The molecule has 1 atom stereocenters. The van der Waals surface area contributed by atoms with Gasteiger partial charge in [-0.1, -0.05) is 30.3 Å². The predicted molar refractivity (Wildman–Crippen MR) is 61.5 cm³/mol. The van der Waals surface area contributed by atoms with E-state index in [1.807, 2.05) is 29.6 Å². The Morgan fingerprint density at radius 1 is 1.20 bits per heavy atom. The van der Waals surface area contributed by atoms with Crippen molar-refractivity contribution in [2.45, 2.75) is 12.3 Å². The average Bonchev–Trinajstić information content (AvgIpc) is 2.72. The van der Waals surface area contributed by atoms with E-state index in [-0.39, 0.29) is 11.7 Å². The van der Waals surface area contributed by atoms with Gasteiger partial charge in [0.2, 0.25) is 0 Å². The summed E-state index contributed by atoms with van der Waals surface area (Å²) in [5.41, 5.74) is 2.54. The number of thiophene rings is 1. The number of benzene rings is 1. The minimum absolute atomic E-state index is 0.111.